The number of fused-ring (bicyclic) bond motifs is 1. The molecule has 0 spiro atoms. The number of aromatic nitrogens is 2. The number of amides is 1. The summed E-state index contributed by atoms with van der Waals surface area (Å²) in [6, 6.07) is 12.6. The summed E-state index contributed by atoms with van der Waals surface area (Å²) in [6.07, 6.45) is 1.37. The van der Waals surface area contributed by atoms with E-state index in [9.17, 15) is 9.59 Å². The molecule has 0 aliphatic heterocycles. The van der Waals surface area contributed by atoms with Gasteiger partial charge in [-0.3, -0.25) is 19.1 Å². The van der Waals surface area contributed by atoms with E-state index in [1.165, 1.54) is 27.1 Å². The molecule has 1 amide bonds. The number of hydrogen-bond donors (Lipinski definition) is 0. The van der Waals surface area contributed by atoms with Crippen LogP contribution < -0.4 is 10.5 Å². The molecule has 7 heteroatoms. The number of para-hydroxylation sites is 1. The Morgan fingerprint density at radius 3 is 2.83 bits per heavy atom. The zero-order valence-electron chi connectivity index (χ0n) is 12.0. The minimum atomic E-state index is -0.336. The van der Waals surface area contributed by atoms with Crippen LogP contribution in [0.2, 0.25) is 0 Å². The van der Waals surface area contributed by atoms with Gasteiger partial charge in [0.2, 0.25) is 5.91 Å². The topological polar surface area (TPSA) is 79.0 Å². The average Bonchev–Trinajstić information content (AvgIpc) is 3.05. The number of thiophene rings is 1. The van der Waals surface area contributed by atoms with Crippen molar-refractivity contribution in [1.29, 1.82) is 5.26 Å². The maximum Gasteiger partial charge on any atom is 0.271 e. The Balaban J connectivity index is 1.90. The number of benzene rings is 1. The summed E-state index contributed by atoms with van der Waals surface area (Å²) < 4.78 is 1.79. The lowest BCUT2D eigenvalue weighted by Gasteiger charge is -2.20. The molecule has 0 unspecified atom stereocenters. The molecule has 0 fully saturated rings. The van der Waals surface area contributed by atoms with Crippen molar-refractivity contribution in [2.75, 3.05) is 11.4 Å². The van der Waals surface area contributed by atoms with Crippen molar-refractivity contribution in [1.82, 2.24) is 9.55 Å². The fourth-order valence-corrected chi connectivity index (χ4v) is 3.02. The van der Waals surface area contributed by atoms with Gasteiger partial charge in [-0.25, -0.2) is 4.98 Å². The maximum atomic E-state index is 12.5. The maximum absolute atomic E-state index is 12.5. The van der Waals surface area contributed by atoms with Gasteiger partial charge in [0.1, 0.15) is 17.8 Å². The normalized spacial score (nSPS) is 10.4. The quantitative estimate of drug-likeness (QED) is 0.688. The highest BCUT2D eigenvalue weighted by atomic mass is 32.1. The number of hydrogen-bond acceptors (Lipinski definition) is 5. The van der Waals surface area contributed by atoms with Crippen molar-refractivity contribution in [3.05, 3.63) is 58.5 Å². The second-order valence-electron chi connectivity index (χ2n) is 4.79. The first-order valence-electron chi connectivity index (χ1n) is 6.85. The summed E-state index contributed by atoms with van der Waals surface area (Å²) in [5, 5.41) is 10.7. The zero-order valence-corrected chi connectivity index (χ0v) is 12.9. The third kappa shape index (κ3) is 2.98. The van der Waals surface area contributed by atoms with Crippen LogP contribution in [0.25, 0.3) is 10.2 Å². The SMILES string of the molecule is N#CCN(C(=O)Cn1cnc2ccsc2c1=O)c1ccccc1. The van der Waals surface area contributed by atoms with Crippen LogP contribution in [-0.2, 0) is 11.3 Å². The minimum absolute atomic E-state index is 0.0771. The molecule has 23 heavy (non-hydrogen) atoms. The van der Waals surface area contributed by atoms with Gasteiger partial charge in [0.25, 0.3) is 5.56 Å². The van der Waals surface area contributed by atoms with E-state index in [2.05, 4.69) is 4.98 Å². The lowest BCUT2D eigenvalue weighted by atomic mass is 10.3. The molecule has 0 radical (unpaired) electrons. The van der Waals surface area contributed by atoms with Gasteiger partial charge in [0.05, 0.1) is 17.9 Å². The number of anilines is 1. The summed E-state index contributed by atoms with van der Waals surface area (Å²) in [4.78, 5) is 30.4. The molecule has 0 saturated heterocycles. The molecule has 0 saturated carbocycles. The molecule has 0 atom stereocenters. The van der Waals surface area contributed by atoms with Crippen LogP contribution in [0.15, 0.2) is 52.9 Å². The second kappa shape index (κ2) is 6.42. The molecule has 2 aromatic heterocycles. The number of carbonyl (C=O) groups is 1. The largest absolute Gasteiger partial charge is 0.297 e. The van der Waals surface area contributed by atoms with Crippen molar-refractivity contribution in [2.24, 2.45) is 0 Å². The van der Waals surface area contributed by atoms with Crippen LogP contribution in [0, 0.1) is 11.3 Å². The second-order valence-corrected chi connectivity index (χ2v) is 5.70. The van der Waals surface area contributed by atoms with E-state index in [0.29, 0.717) is 15.9 Å². The van der Waals surface area contributed by atoms with Crippen molar-refractivity contribution < 1.29 is 4.79 Å². The number of nitrogens with zero attached hydrogens (tertiary/aromatic N) is 4. The predicted octanol–water partition coefficient (Wildman–Crippen LogP) is 2.01. The predicted molar refractivity (Wildman–Crippen MR) is 88.3 cm³/mol. The first-order chi connectivity index (χ1) is 11.2. The monoisotopic (exact) mass is 324 g/mol. The Morgan fingerprint density at radius 1 is 1.30 bits per heavy atom. The number of carbonyl (C=O) groups excluding carboxylic acids is 1. The molecule has 0 bridgehead atoms. The third-order valence-corrected chi connectivity index (χ3v) is 4.23. The van der Waals surface area contributed by atoms with Crippen LogP contribution in [0.5, 0.6) is 0 Å². The molecule has 6 nitrogen and oxygen atoms in total. The van der Waals surface area contributed by atoms with Crippen molar-refractivity contribution in [3.8, 4) is 6.07 Å². The van der Waals surface area contributed by atoms with E-state index < -0.39 is 0 Å². The summed E-state index contributed by atoms with van der Waals surface area (Å²) in [7, 11) is 0. The van der Waals surface area contributed by atoms with Gasteiger partial charge in [-0.15, -0.1) is 11.3 Å². The summed E-state index contributed by atoms with van der Waals surface area (Å²) in [5.74, 6) is -0.336. The highest BCUT2D eigenvalue weighted by Gasteiger charge is 2.17. The van der Waals surface area contributed by atoms with Crippen LogP contribution >= 0.6 is 11.3 Å². The molecular formula is C16H12N4O2S. The smallest absolute Gasteiger partial charge is 0.271 e. The summed E-state index contributed by atoms with van der Waals surface area (Å²) in [6.45, 7) is -0.234. The molecule has 0 N–H and O–H groups in total. The van der Waals surface area contributed by atoms with Crippen molar-refractivity contribution >= 4 is 33.1 Å². The van der Waals surface area contributed by atoms with Gasteiger partial charge >= 0.3 is 0 Å². The van der Waals surface area contributed by atoms with E-state index >= 15 is 0 Å². The molecule has 1 aromatic carbocycles. The van der Waals surface area contributed by atoms with Gasteiger partial charge in [-0.2, -0.15) is 5.26 Å². The van der Waals surface area contributed by atoms with Gasteiger partial charge in [-0.1, -0.05) is 18.2 Å². The van der Waals surface area contributed by atoms with E-state index in [1.807, 2.05) is 12.1 Å². The highest BCUT2D eigenvalue weighted by molar-refractivity contribution is 7.17. The van der Waals surface area contributed by atoms with Crippen molar-refractivity contribution in [3.63, 3.8) is 0 Å². The summed E-state index contributed by atoms with van der Waals surface area (Å²) in [5.41, 5.74) is 1.00. The molecule has 3 aromatic rings. The number of rotatable bonds is 4. The van der Waals surface area contributed by atoms with Gasteiger partial charge in [0.15, 0.2) is 0 Å². The van der Waals surface area contributed by atoms with E-state index in [0.717, 1.165) is 0 Å². The molecule has 2 heterocycles. The van der Waals surface area contributed by atoms with Crippen molar-refractivity contribution in [2.45, 2.75) is 6.54 Å². The lowest BCUT2D eigenvalue weighted by molar-refractivity contribution is -0.119. The van der Waals surface area contributed by atoms with Crippen LogP contribution in [0.1, 0.15) is 0 Å². The fourth-order valence-electron chi connectivity index (χ4n) is 2.22. The minimum Gasteiger partial charge on any atom is -0.297 e. The Labute approximate surface area is 135 Å². The van der Waals surface area contributed by atoms with Gasteiger partial charge in [-0.05, 0) is 23.6 Å². The Hall–Kier alpha value is -2.98. The lowest BCUT2D eigenvalue weighted by Crippen LogP contribution is -2.36. The van der Waals surface area contributed by atoms with E-state index in [1.54, 1.807) is 35.7 Å². The first kappa shape index (κ1) is 14.9. The van der Waals surface area contributed by atoms with Crippen LogP contribution in [-0.4, -0.2) is 22.0 Å². The molecular weight excluding hydrogens is 312 g/mol. The highest BCUT2D eigenvalue weighted by Crippen LogP contribution is 2.15. The van der Waals surface area contributed by atoms with E-state index in [4.69, 9.17) is 5.26 Å². The Morgan fingerprint density at radius 2 is 2.09 bits per heavy atom. The van der Waals surface area contributed by atoms with Crippen LogP contribution in [0.4, 0.5) is 5.69 Å². The van der Waals surface area contributed by atoms with Gasteiger partial charge in [0, 0.05) is 5.69 Å². The molecule has 114 valence electrons. The molecule has 0 aliphatic carbocycles. The average molecular weight is 324 g/mol. The molecule has 0 aliphatic rings. The third-order valence-electron chi connectivity index (χ3n) is 3.34. The van der Waals surface area contributed by atoms with Crippen LogP contribution in [0.3, 0.4) is 0 Å². The number of nitriles is 1. The van der Waals surface area contributed by atoms with Gasteiger partial charge < -0.3 is 0 Å². The molecule has 3 rings (SSSR count). The standard InChI is InChI=1S/C16H12N4O2S/c17-7-8-20(12-4-2-1-3-5-12)14(21)10-19-11-18-13-6-9-23-15(13)16(19)22/h1-6,9,11H,8,10H2. The fraction of sp³-hybridized carbons (Fsp3) is 0.125. The first-order valence-corrected chi connectivity index (χ1v) is 7.73. The summed E-state index contributed by atoms with van der Waals surface area (Å²) >= 11 is 1.30. The Kier molecular flexibility index (Phi) is 4.17. The Bertz CT molecular complexity index is 940. The van der Waals surface area contributed by atoms with E-state index in [-0.39, 0.29) is 24.6 Å². The zero-order chi connectivity index (χ0) is 16.2.